The van der Waals surface area contributed by atoms with Gasteiger partial charge in [-0.2, -0.15) is 0 Å². The highest BCUT2D eigenvalue weighted by Gasteiger charge is 2.18. The first-order valence-corrected chi connectivity index (χ1v) is 7.20. The summed E-state index contributed by atoms with van der Waals surface area (Å²) < 4.78 is 4.70. The molecule has 5 heteroatoms. The Bertz CT molecular complexity index is 652. The van der Waals surface area contributed by atoms with E-state index in [9.17, 15) is 9.59 Å². The Balaban J connectivity index is 2.29. The van der Waals surface area contributed by atoms with Crippen LogP contribution in [0.2, 0.25) is 0 Å². The summed E-state index contributed by atoms with van der Waals surface area (Å²) in [7, 11) is 2.75. The molecule has 1 atom stereocenters. The Morgan fingerprint density at radius 2 is 1.57 bits per heavy atom. The maximum atomic E-state index is 11.9. The molecule has 2 aromatic rings. The van der Waals surface area contributed by atoms with E-state index in [0.717, 1.165) is 11.1 Å². The van der Waals surface area contributed by atoms with Crippen LogP contribution in [0.5, 0.6) is 0 Å². The lowest BCUT2D eigenvalue weighted by Gasteiger charge is -2.17. The predicted molar refractivity (Wildman–Crippen MR) is 85.8 cm³/mol. The van der Waals surface area contributed by atoms with E-state index in [1.807, 2.05) is 42.5 Å². The molecule has 0 aliphatic heterocycles. The molecule has 1 unspecified atom stereocenters. The molecule has 0 bridgehead atoms. The van der Waals surface area contributed by atoms with Gasteiger partial charge in [0.15, 0.2) is 0 Å². The Morgan fingerprint density at radius 3 is 2.13 bits per heavy atom. The lowest BCUT2D eigenvalue weighted by atomic mass is 9.88. The summed E-state index contributed by atoms with van der Waals surface area (Å²) in [6, 6.07) is 16.8. The normalized spacial score (nSPS) is 11.6. The SMILES string of the molecule is CONC(=O)CC(c1ccccc1)c1ccc(C(=O)OC)cc1. The summed E-state index contributed by atoms with van der Waals surface area (Å²) in [4.78, 5) is 28.1. The third-order valence-electron chi connectivity index (χ3n) is 3.54. The van der Waals surface area contributed by atoms with Crippen molar-refractivity contribution >= 4 is 11.9 Å². The number of methoxy groups -OCH3 is 1. The summed E-state index contributed by atoms with van der Waals surface area (Å²) in [5.41, 5.74) is 4.78. The number of carbonyl (C=O) groups excluding carboxylic acids is 2. The number of hydrogen-bond acceptors (Lipinski definition) is 4. The summed E-state index contributed by atoms with van der Waals surface area (Å²) in [6.07, 6.45) is 0.245. The predicted octanol–water partition coefficient (Wildman–Crippen LogP) is 2.67. The second kappa shape index (κ2) is 8.10. The van der Waals surface area contributed by atoms with Crippen molar-refractivity contribution in [2.75, 3.05) is 14.2 Å². The van der Waals surface area contributed by atoms with Crippen molar-refractivity contribution in [1.82, 2.24) is 5.48 Å². The van der Waals surface area contributed by atoms with Gasteiger partial charge in [0.1, 0.15) is 0 Å². The molecular formula is C18H19NO4. The minimum Gasteiger partial charge on any atom is -0.465 e. The maximum Gasteiger partial charge on any atom is 0.337 e. The van der Waals surface area contributed by atoms with Crippen molar-refractivity contribution in [1.29, 1.82) is 0 Å². The fraction of sp³-hybridized carbons (Fsp3) is 0.222. The first kappa shape index (κ1) is 16.7. The number of ether oxygens (including phenoxy) is 1. The van der Waals surface area contributed by atoms with Gasteiger partial charge in [0, 0.05) is 12.3 Å². The number of hydrogen-bond donors (Lipinski definition) is 1. The van der Waals surface area contributed by atoms with Gasteiger partial charge >= 0.3 is 5.97 Å². The molecule has 2 rings (SSSR count). The topological polar surface area (TPSA) is 64.6 Å². The lowest BCUT2D eigenvalue weighted by Crippen LogP contribution is -2.24. The molecule has 0 saturated heterocycles. The summed E-state index contributed by atoms with van der Waals surface area (Å²) in [5, 5.41) is 0. The lowest BCUT2D eigenvalue weighted by molar-refractivity contribution is -0.131. The molecule has 0 fully saturated rings. The summed E-state index contributed by atoms with van der Waals surface area (Å²) in [6.45, 7) is 0. The van der Waals surface area contributed by atoms with Crippen LogP contribution in [-0.4, -0.2) is 26.1 Å². The zero-order valence-electron chi connectivity index (χ0n) is 13.1. The van der Waals surface area contributed by atoms with E-state index in [-0.39, 0.29) is 24.2 Å². The molecule has 23 heavy (non-hydrogen) atoms. The zero-order chi connectivity index (χ0) is 16.7. The average molecular weight is 313 g/mol. The fourth-order valence-corrected chi connectivity index (χ4v) is 2.42. The molecule has 0 aliphatic carbocycles. The van der Waals surface area contributed by atoms with Gasteiger partial charge in [-0.25, -0.2) is 10.3 Å². The molecular weight excluding hydrogens is 294 g/mol. The highest BCUT2D eigenvalue weighted by molar-refractivity contribution is 5.89. The van der Waals surface area contributed by atoms with Gasteiger partial charge in [-0.05, 0) is 23.3 Å². The molecule has 1 amide bonds. The molecule has 120 valence electrons. The highest BCUT2D eigenvalue weighted by atomic mass is 16.6. The van der Waals surface area contributed by atoms with Gasteiger partial charge in [-0.15, -0.1) is 0 Å². The quantitative estimate of drug-likeness (QED) is 0.658. The maximum absolute atomic E-state index is 11.9. The van der Waals surface area contributed by atoms with Crippen LogP contribution < -0.4 is 5.48 Å². The third kappa shape index (κ3) is 4.40. The summed E-state index contributed by atoms with van der Waals surface area (Å²) in [5.74, 6) is -0.721. The van der Waals surface area contributed by atoms with E-state index in [2.05, 4.69) is 10.3 Å². The van der Waals surface area contributed by atoms with Crippen LogP contribution in [0.4, 0.5) is 0 Å². The molecule has 5 nitrogen and oxygen atoms in total. The van der Waals surface area contributed by atoms with Gasteiger partial charge in [0.25, 0.3) is 0 Å². The van der Waals surface area contributed by atoms with Crippen molar-refractivity contribution in [3.05, 3.63) is 71.3 Å². The Hall–Kier alpha value is -2.66. The second-order valence-electron chi connectivity index (χ2n) is 5.01. The van der Waals surface area contributed by atoms with Crippen LogP contribution in [-0.2, 0) is 14.4 Å². The molecule has 2 aromatic carbocycles. The van der Waals surface area contributed by atoms with Crippen molar-refractivity contribution in [3.8, 4) is 0 Å². The number of carbonyl (C=O) groups is 2. The smallest absolute Gasteiger partial charge is 0.337 e. The first-order valence-electron chi connectivity index (χ1n) is 7.20. The number of rotatable bonds is 6. The van der Waals surface area contributed by atoms with E-state index in [1.54, 1.807) is 12.1 Å². The molecule has 0 aliphatic rings. The van der Waals surface area contributed by atoms with Gasteiger partial charge in [0.2, 0.25) is 5.91 Å². The van der Waals surface area contributed by atoms with E-state index in [0.29, 0.717) is 5.56 Å². The Morgan fingerprint density at radius 1 is 0.957 bits per heavy atom. The number of esters is 1. The van der Waals surface area contributed by atoms with E-state index < -0.39 is 0 Å². The van der Waals surface area contributed by atoms with Crippen LogP contribution in [0.25, 0.3) is 0 Å². The largest absolute Gasteiger partial charge is 0.465 e. The second-order valence-corrected chi connectivity index (χ2v) is 5.01. The van der Waals surface area contributed by atoms with Crippen molar-refractivity contribution in [2.45, 2.75) is 12.3 Å². The van der Waals surface area contributed by atoms with Crippen LogP contribution in [0.15, 0.2) is 54.6 Å². The van der Waals surface area contributed by atoms with Crippen LogP contribution >= 0.6 is 0 Å². The van der Waals surface area contributed by atoms with E-state index in [1.165, 1.54) is 14.2 Å². The number of benzene rings is 2. The Kier molecular flexibility index (Phi) is 5.88. The monoisotopic (exact) mass is 313 g/mol. The van der Waals surface area contributed by atoms with Crippen molar-refractivity contribution in [2.24, 2.45) is 0 Å². The molecule has 0 aromatic heterocycles. The van der Waals surface area contributed by atoms with E-state index >= 15 is 0 Å². The summed E-state index contributed by atoms with van der Waals surface area (Å²) >= 11 is 0. The molecule has 0 heterocycles. The number of amides is 1. The van der Waals surface area contributed by atoms with Gasteiger partial charge in [0.05, 0.1) is 19.8 Å². The minimum atomic E-state index is -0.384. The van der Waals surface area contributed by atoms with Crippen molar-refractivity contribution < 1.29 is 19.2 Å². The molecule has 0 saturated carbocycles. The minimum absolute atomic E-state index is 0.127. The Labute approximate surface area is 135 Å². The molecule has 0 radical (unpaired) electrons. The molecule has 0 spiro atoms. The van der Waals surface area contributed by atoms with Crippen molar-refractivity contribution in [3.63, 3.8) is 0 Å². The van der Waals surface area contributed by atoms with Gasteiger partial charge < -0.3 is 4.74 Å². The fourth-order valence-electron chi connectivity index (χ4n) is 2.42. The zero-order valence-corrected chi connectivity index (χ0v) is 13.1. The average Bonchev–Trinajstić information content (AvgIpc) is 2.60. The number of nitrogens with one attached hydrogen (secondary N) is 1. The van der Waals surface area contributed by atoms with Gasteiger partial charge in [-0.1, -0.05) is 42.5 Å². The van der Waals surface area contributed by atoms with Crippen LogP contribution in [0, 0.1) is 0 Å². The van der Waals surface area contributed by atoms with Gasteiger partial charge in [-0.3, -0.25) is 9.63 Å². The van der Waals surface area contributed by atoms with Crippen LogP contribution in [0.3, 0.4) is 0 Å². The third-order valence-corrected chi connectivity index (χ3v) is 3.54. The number of hydroxylamine groups is 1. The van der Waals surface area contributed by atoms with E-state index in [4.69, 9.17) is 4.74 Å². The molecule has 1 N–H and O–H groups in total. The highest BCUT2D eigenvalue weighted by Crippen LogP contribution is 2.28. The first-order chi connectivity index (χ1) is 11.2. The van der Waals surface area contributed by atoms with Crippen LogP contribution in [0.1, 0.15) is 33.8 Å². The standard InChI is InChI=1S/C18H19NO4/c1-22-18(21)15-10-8-14(9-11-15)16(12-17(20)19-23-2)13-6-4-3-5-7-13/h3-11,16H,12H2,1-2H3,(H,19,20).